The van der Waals surface area contributed by atoms with Crippen LogP contribution in [-0.4, -0.2) is 5.54 Å². The van der Waals surface area contributed by atoms with Gasteiger partial charge < -0.3 is 5.73 Å². The Labute approximate surface area is 77.7 Å². The first-order valence-corrected chi connectivity index (χ1v) is 5.41. The van der Waals surface area contributed by atoms with E-state index in [1.54, 1.807) is 0 Å². The first-order chi connectivity index (χ1) is 5.62. The minimum Gasteiger partial charge on any atom is -0.325 e. The molecule has 0 aromatic heterocycles. The predicted molar refractivity (Wildman–Crippen MR) is 56.3 cm³/mol. The molecule has 0 amide bonds. The Morgan fingerprint density at radius 1 is 0.917 bits per heavy atom. The maximum Gasteiger partial charge on any atom is 0.0125 e. The molecule has 74 valence electrons. The minimum absolute atomic E-state index is 0.0997. The molecule has 0 aliphatic heterocycles. The van der Waals surface area contributed by atoms with Crippen molar-refractivity contribution in [2.45, 2.75) is 71.3 Å². The fraction of sp³-hybridized carbons (Fsp3) is 1.00. The highest BCUT2D eigenvalue weighted by atomic mass is 14.7. The van der Waals surface area contributed by atoms with Crippen LogP contribution in [0.2, 0.25) is 0 Å². The van der Waals surface area contributed by atoms with Gasteiger partial charge in [-0.2, -0.15) is 0 Å². The second-order valence-corrected chi connectivity index (χ2v) is 4.21. The number of nitrogens with two attached hydrogens (primary N) is 1. The average Bonchev–Trinajstić information content (AvgIpc) is 1.98. The molecular formula is C11H25N. The summed E-state index contributed by atoms with van der Waals surface area (Å²) in [5.74, 6) is 0. The van der Waals surface area contributed by atoms with E-state index in [0.717, 1.165) is 0 Å². The van der Waals surface area contributed by atoms with Crippen molar-refractivity contribution in [3.05, 3.63) is 0 Å². The fourth-order valence-electron chi connectivity index (χ4n) is 1.65. The molecule has 2 N–H and O–H groups in total. The van der Waals surface area contributed by atoms with E-state index >= 15 is 0 Å². The lowest BCUT2D eigenvalue weighted by atomic mass is 9.91. The molecule has 0 fully saturated rings. The van der Waals surface area contributed by atoms with Crippen LogP contribution < -0.4 is 5.73 Å². The molecule has 0 heterocycles. The number of hydrogen-bond acceptors (Lipinski definition) is 1. The third kappa shape index (κ3) is 6.66. The Hall–Kier alpha value is -0.0400. The van der Waals surface area contributed by atoms with Gasteiger partial charge in [0.2, 0.25) is 0 Å². The van der Waals surface area contributed by atoms with E-state index in [4.69, 9.17) is 5.73 Å². The van der Waals surface area contributed by atoms with Gasteiger partial charge in [0.25, 0.3) is 0 Å². The van der Waals surface area contributed by atoms with Gasteiger partial charge in [-0.05, 0) is 19.8 Å². The molecule has 0 aromatic carbocycles. The zero-order valence-corrected chi connectivity index (χ0v) is 9.03. The van der Waals surface area contributed by atoms with E-state index in [9.17, 15) is 0 Å². The molecule has 1 heteroatoms. The minimum atomic E-state index is 0.0997. The highest BCUT2D eigenvalue weighted by Crippen LogP contribution is 2.17. The quantitative estimate of drug-likeness (QED) is 0.583. The first kappa shape index (κ1) is 12.0. The summed E-state index contributed by atoms with van der Waals surface area (Å²) in [6.45, 7) is 6.63. The van der Waals surface area contributed by atoms with Crippen molar-refractivity contribution in [1.29, 1.82) is 0 Å². The van der Waals surface area contributed by atoms with E-state index in [0.29, 0.717) is 0 Å². The Balaban J connectivity index is 3.33. The number of rotatable bonds is 7. The topological polar surface area (TPSA) is 26.0 Å². The first-order valence-electron chi connectivity index (χ1n) is 5.41. The molecule has 0 bridgehead atoms. The average molecular weight is 171 g/mol. The summed E-state index contributed by atoms with van der Waals surface area (Å²) in [5.41, 5.74) is 6.21. The fourth-order valence-corrected chi connectivity index (χ4v) is 1.65. The van der Waals surface area contributed by atoms with Crippen molar-refractivity contribution in [2.24, 2.45) is 5.73 Å². The Kier molecular flexibility index (Phi) is 6.45. The van der Waals surface area contributed by atoms with Crippen molar-refractivity contribution in [3.8, 4) is 0 Å². The van der Waals surface area contributed by atoms with Crippen LogP contribution in [-0.2, 0) is 0 Å². The third-order valence-electron chi connectivity index (χ3n) is 2.42. The van der Waals surface area contributed by atoms with Crippen LogP contribution in [0.1, 0.15) is 65.7 Å². The normalized spacial score (nSPS) is 16.0. The lowest BCUT2D eigenvalue weighted by Crippen LogP contribution is -2.35. The predicted octanol–water partition coefficient (Wildman–Crippen LogP) is 3.47. The molecule has 12 heavy (non-hydrogen) atoms. The van der Waals surface area contributed by atoms with E-state index in [-0.39, 0.29) is 5.54 Å². The molecule has 1 atom stereocenters. The van der Waals surface area contributed by atoms with Gasteiger partial charge in [-0.1, -0.05) is 46.0 Å². The smallest absolute Gasteiger partial charge is 0.0125 e. The monoisotopic (exact) mass is 171 g/mol. The second-order valence-electron chi connectivity index (χ2n) is 4.21. The molecule has 0 saturated heterocycles. The molecule has 0 radical (unpaired) electrons. The van der Waals surface area contributed by atoms with Gasteiger partial charge >= 0.3 is 0 Å². The van der Waals surface area contributed by atoms with Crippen molar-refractivity contribution >= 4 is 0 Å². The van der Waals surface area contributed by atoms with Crippen LogP contribution in [0.4, 0.5) is 0 Å². The maximum absolute atomic E-state index is 6.11. The van der Waals surface area contributed by atoms with Crippen LogP contribution in [0, 0.1) is 0 Å². The summed E-state index contributed by atoms with van der Waals surface area (Å²) in [4.78, 5) is 0. The zero-order valence-electron chi connectivity index (χ0n) is 9.03. The summed E-state index contributed by atoms with van der Waals surface area (Å²) >= 11 is 0. The number of hydrogen-bond donors (Lipinski definition) is 1. The Bertz CT molecular complexity index is 97.2. The van der Waals surface area contributed by atoms with Crippen molar-refractivity contribution in [2.75, 3.05) is 0 Å². The lowest BCUT2D eigenvalue weighted by molar-refractivity contribution is 0.378. The Morgan fingerprint density at radius 3 is 2.08 bits per heavy atom. The van der Waals surface area contributed by atoms with Gasteiger partial charge in [0.05, 0.1) is 0 Å². The lowest BCUT2D eigenvalue weighted by Gasteiger charge is -2.23. The SMILES string of the molecule is CCCCCCC(C)(N)CCC. The van der Waals surface area contributed by atoms with Crippen LogP contribution in [0.25, 0.3) is 0 Å². The van der Waals surface area contributed by atoms with Crippen molar-refractivity contribution < 1.29 is 0 Å². The van der Waals surface area contributed by atoms with E-state index in [2.05, 4.69) is 20.8 Å². The summed E-state index contributed by atoms with van der Waals surface area (Å²) in [6, 6.07) is 0. The van der Waals surface area contributed by atoms with Gasteiger partial charge in [0, 0.05) is 5.54 Å². The van der Waals surface area contributed by atoms with Gasteiger partial charge in [-0.15, -0.1) is 0 Å². The van der Waals surface area contributed by atoms with Crippen LogP contribution in [0.5, 0.6) is 0 Å². The van der Waals surface area contributed by atoms with Gasteiger partial charge in [0.1, 0.15) is 0 Å². The van der Waals surface area contributed by atoms with Crippen LogP contribution >= 0.6 is 0 Å². The molecule has 0 saturated carbocycles. The summed E-state index contributed by atoms with van der Waals surface area (Å²) in [5, 5.41) is 0. The van der Waals surface area contributed by atoms with Crippen LogP contribution in [0.15, 0.2) is 0 Å². The Morgan fingerprint density at radius 2 is 1.58 bits per heavy atom. The molecule has 0 spiro atoms. The molecule has 0 rings (SSSR count). The van der Waals surface area contributed by atoms with Crippen molar-refractivity contribution in [1.82, 2.24) is 0 Å². The third-order valence-corrected chi connectivity index (χ3v) is 2.42. The van der Waals surface area contributed by atoms with Crippen molar-refractivity contribution in [3.63, 3.8) is 0 Å². The molecular weight excluding hydrogens is 146 g/mol. The molecule has 0 aromatic rings. The van der Waals surface area contributed by atoms with E-state index in [1.165, 1.54) is 44.9 Å². The summed E-state index contributed by atoms with van der Waals surface area (Å²) < 4.78 is 0. The van der Waals surface area contributed by atoms with E-state index < -0.39 is 0 Å². The van der Waals surface area contributed by atoms with E-state index in [1.807, 2.05) is 0 Å². The number of unbranched alkanes of at least 4 members (excludes halogenated alkanes) is 3. The molecule has 0 aliphatic rings. The zero-order chi connectivity index (χ0) is 9.45. The largest absolute Gasteiger partial charge is 0.325 e. The van der Waals surface area contributed by atoms with Gasteiger partial charge in [0.15, 0.2) is 0 Å². The van der Waals surface area contributed by atoms with Gasteiger partial charge in [-0.3, -0.25) is 0 Å². The molecule has 1 nitrogen and oxygen atoms in total. The highest BCUT2D eigenvalue weighted by Gasteiger charge is 2.15. The molecule has 0 aliphatic carbocycles. The highest BCUT2D eigenvalue weighted by molar-refractivity contribution is 4.77. The summed E-state index contributed by atoms with van der Waals surface area (Å²) in [6.07, 6.45) is 8.91. The molecule has 1 unspecified atom stereocenters. The van der Waals surface area contributed by atoms with Gasteiger partial charge in [-0.25, -0.2) is 0 Å². The van der Waals surface area contributed by atoms with Crippen LogP contribution in [0.3, 0.4) is 0 Å². The summed E-state index contributed by atoms with van der Waals surface area (Å²) in [7, 11) is 0. The second kappa shape index (κ2) is 6.47. The standard InChI is InChI=1S/C11H25N/c1-4-6-7-8-10-11(3,12)9-5-2/h4-10,12H2,1-3H3. The maximum atomic E-state index is 6.11.